The van der Waals surface area contributed by atoms with Crippen LogP contribution >= 0.6 is 0 Å². The van der Waals surface area contributed by atoms with Crippen LogP contribution in [0.15, 0.2) is 28.6 Å². The maximum atomic E-state index is 10.6. The van der Waals surface area contributed by atoms with E-state index in [4.69, 9.17) is 5.73 Å². The van der Waals surface area contributed by atoms with Crippen molar-refractivity contribution in [3.8, 4) is 0 Å². The summed E-state index contributed by atoms with van der Waals surface area (Å²) in [4.78, 5) is 10.6. The van der Waals surface area contributed by atoms with Crippen molar-refractivity contribution in [2.75, 3.05) is 0 Å². The number of hydrogen-bond acceptors (Lipinski definition) is 3. The van der Waals surface area contributed by atoms with Gasteiger partial charge in [-0.3, -0.25) is 0 Å². The molecule has 3 heteroatoms. The molecule has 0 amide bonds. The summed E-state index contributed by atoms with van der Waals surface area (Å²) in [6, 6.07) is -0.0238. The van der Waals surface area contributed by atoms with Crippen LogP contribution in [0.2, 0.25) is 0 Å². The average molecular weight is 206 g/mol. The lowest BCUT2D eigenvalue weighted by atomic mass is 9.61. The minimum Gasteiger partial charge on any atom is -0.402 e. The molecule has 3 unspecified atom stereocenters. The van der Waals surface area contributed by atoms with E-state index in [1.807, 2.05) is 6.08 Å². The lowest BCUT2D eigenvalue weighted by Crippen LogP contribution is -2.38. The predicted octanol–water partition coefficient (Wildman–Crippen LogP) is 2.73. The summed E-state index contributed by atoms with van der Waals surface area (Å²) in [7, 11) is 0. The first-order chi connectivity index (χ1) is 7.08. The Balaban J connectivity index is 2.31. The fourth-order valence-corrected chi connectivity index (χ4v) is 2.77. The molecule has 15 heavy (non-hydrogen) atoms. The molecular weight excluding hydrogens is 188 g/mol. The van der Waals surface area contributed by atoms with Gasteiger partial charge in [0.1, 0.15) is 0 Å². The zero-order valence-corrected chi connectivity index (χ0v) is 9.36. The molecule has 3 nitrogen and oxygen atoms in total. The first-order valence-electron chi connectivity index (χ1n) is 5.57. The molecule has 0 spiro atoms. The number of hydrogen-bond donors (Lipinski definition) is 1. The van der Waals surface area contributed by atoms with Crippen molar-refractivity contribution in [3.05, 3.63) is 28.3 Å². The summed E-state index contributed by atoms with van der Waals surface area (Å²) in [6.45, 7) is 4.43. The van der Waals surface area contributed by atoms with Crippen LogP contribution in [0.4, 0.5) is 0 Å². The molecule has 1 saturated carbocycles. The fourth-order valence-electron chi connectivity index (χ4n) is 2.77. The molecule has 0 radical (unpaired) electrons. The quantitative estimate of drug-likeness (QED) is 0.671. The summed E-state index contributed by atoms with van der Waals surface area (Å²) in [5.41, 5.74) is 8.43. The second-order valence-corrected chi connectivity index (χ2v) is 5.00. The maximum Gasteiger partial charge on any atom is 0.0957 e. The van der Waals surface area contributed by atoms with Gasteiger partial charge in [0, 0.05) is 11.6 Å². The third-order valence-corrected chi connectivity index (χ3v) is 4.27. The van der Waals surface area contributed by atoms with Gasteiger partial charge >= 0.3 is 0 Å². The highest BCUT2D eigenvalue weighted by Crippen LogP contribution is 2.50. The monoisotopic (exact) mass is 206 g/mol. The van der Waals surface area contributed by atoms with Crippen LogP contribution < -0.4 is 5.73 Å². The highest BCUT2D eigenvalue weighted by Gasteiger charge is 2.42. The lowest BCUT2D eigenvalue weighted by molar-refractivity contribution is 0.211. The van der Waals surface area contributed by atoms with E-state index < -0.39 is 0 Å². The topological polar surface area (TPSA) is 55.4 Å². The molecule has 0 bridgehead atoms. The molecule has 3 atom stereocenters. The van der Waals surface area contributed by atoms with Crippen molar-refractivity contribution in [3.63, 3.8) is 0 Å². The van der Waals surface area contributed by atoms with Crippen LogP contribution in [-0.4, -0.2) is 6.04 Å². The van der Waals surface area contributed by atoms with Gasteiger partial charge in [-0.25, -0.2) is 0 Å². The average Bonchev–Trinajstić information content (AvgIpc) is 2.25. The molecule has 0 aliphatic heterocycles. The zero-order valence-electron chi connectivity index (χ0n) is 9.36. The van der Waals surface area contributed by atoms with Gasteiger partial charge in [0.05, 0.1) is 6.04 Å². The van der Waals surface area contributed by atoms with Crippen molar-refractivity contribution in [2.24, 2.45) is 22.2 Å². The van der Waals surface area contributed by atoms with Crippen LogP contribution in [0, 0.1) is 16.2 Å². The van der Waals surface area contributed by atoms with Crippen LogP contribution in [-0.2, 0) is 0 Å². The van der Waals surface area contributed by atoms with Crippen molar-refractivity contribution in [1.29, 1.82) is 0 Å². The predicted molar refractivity (Wildman–Crippen MR) is 61.1 cm³/mol. The first-order valence-corrected chi connectivity index (χ1v) is 5.57. The van der Waals surface area contributed by atoms with E-state index >= 15 is 0 Å². The third kappa shape index (κ3) is 1.50. The largest absolute Gasteiger partial charge is 0.402 e. The highest BCUT2D eigenvalue weighted by atomic mass is 16.3. The third-order valence-electron chi connectivity index (χ3n) is 4.27. The highest BCUT2D eigenvalue weighted by molar-refractivity contribution is 5.33. The van der Waals surface area contributed by atoms with E-state index in [-0.39, 0.29) is 11.5 Å². The van der Waals surface area contributed by atoms with Gasteiger partial charge in [0.2, 0.25) is 0 Å². The molecule has 1 fully saturated rings. The number of rotatable bonds is 1. The molecule has 82 valence electrons. The molecule has 2 N–H and O–H groups in total. The summed E-state index contributed by atoms with van der Waals surface area (Å²) in [5.74, 6) is 0.380. The number of nitroso groups, excluding NO2 is 1. The van der Waals surface area contributed by atoms with Crippen molar-refractivity contribution in [2.45, 2.75) is 39.2 Å². The summed E-state index contributed by atoms with van der Waals surface area (Å²) in [5, 5.41) is 3.17. The van der Waals surface area contributed by atoms with Crippen LogP contribution in [0.1, 0.15) is 33.1 Å². The minimum atomic E-state index is -0.0238. The van der Waals surface area contributed by atoms with Crippen LogP contribution in [0.3, 0.4) is 0 Å². The first kappa shape index (κ1) is 10.4. The van der Waals surface area contributed by atoms with Gasteiger partial charge in [-0.15, -0.1) is 0 Å². The van der Waals surface area contributed by atoms with Gasteiger partial charge in [0.25, 0.3) is 0 Å². The zero-order chi connectivity index (χ0) is 11.1. The number of fused-ring (bicyclic) bond motifs is 1. The summed E-state index contributed by atoms with van der Waals surface area (Å²) >= 11 is 0. The molecule has 2 aliphatic rings. The number of nitrogens with two attached hydrogens (primary N) is 1. The Bertz CT molecular complexity index is 346. The SMILES string of the molecule is CC1C(N)=CC=C2CC(N=O)CCC21C. The van der Waals surface area contributed by atoms with Crippen molar-refractivity contribution >= 4 is 0 Å². The van der Waals surface area contributed by atoms with E-state index in [1.165, 1.54) is 5.57 Å². The van der Waals surface area contributed by atoms with Crippen LogP contribution in [0.5, 0.6) is 0 Å². The molecule has 0 aromatic heterocycles. The van der Waals surface area contributed by atoms with E-state index in [1.54, 1.807) is 0 Å². The Labute approximate surface area is 90.4 Å². The number of allylic oxidation sites excluding steroid dienone is 3. The molecule has 0 heterocycles. The Morgan fingerprint density at radius 1 is 1.53 bits per heavy atom. The van der Waals surface area contributed by atoms with Gasteiger partial charge in [-0.05, 0) is 30.8 Å². The molecular formula is C12H18N2O. The summed E-state index contributed by atoms with van der Waals surface area (Å²) < 4.78 is 0. The van der Waals surface area contributed by atoms with Crippen LogP contribution in [0.25, 0.3) is 0 Å². The van der Waals surface area contributed by atoms with Gasteiger partial charge < -0.3 is 5.73 Å². The van der Waals surface area contributed by atoms with Crippen molar-refractivity contribution < 1.29 is 0 Å². The smallest absolute Gasteiger partial charge is 0.0957 e. The maximum absolute atomic E-state index is 10.6. The molecule has 0 aromatic rings. The minimum absolute atomic E-state index is 0.0238. The molecule has 0 saturated heterocycles. The fraction of sp³-hybridized carbons (Fsp3) is 0.667. The normalized spacial score (nSPS) is 40.1. The number of nitrogens with zero attached hydrogens (tertiary/aromatic N) is 1. The molecule has 0 aromatic carbocycles. The Morgan fingerprint density at radius 2 is 2.27 bits per heavy atom. The van der Waals surface area contributed by atoms with E-state index in [0.717, 1.165) is 25.0 Å². The van der Waals surface area contributed by atoms with E-state index in [0.29, 0.717) is 5.92 Å². The lowest BCUT2D eigenvalue weighted by Gasteiger charge is -2.44. The van der Waals surface area contributed by atoms with Gasteiger partial charge in [-0.2, -0.15) is 4.91 Å². The Morgan fingerprint density at radius 3 is 2.93 bits per heavy atom. The van der Waals surface area contributed by atoms with E-state index in [2.05, 4.69) is 25.1 Å². The second kappa shape index (κ2) is 3.47. The van der Waals surface area contributed by atoms with E-state index in [9.17, 15) is 4.91 Å². The standard InChI is InChI=1S/C12H18N2O/c1-8-11(13)4-3-9-7-10(14-15)5-6-12(8,9)2/h3-4,8,10H,5-7,13H2,1-2H3. The second-order valence-electron chi connectivity index (χ2n) is 5.00. The van der Waals surface area contributed by atoms with Gasteiger partial charge in [-0.1, -0.05) is 30.7 Å². The molecule has 2 aliphatic carbocycles. The summed E-state index contributed by atoms with van der Waals surface area (Å²) in [6.07, 6.45) is 6.80. The Kier molecular flexibility index (Phi) is 2.41. The van der Waals surface area contributed by atoms with Gasteiger partial charge in [0.15, 0.2) is 0 Å². The Hall–Kier alpha value is -1.12. The van der Waals surface area contributed by atoms with Crippen molar-refractivity contribution in [1.82, 2.24) is 0 Å². The molecule has 2 rings (SSSR count).